The molecule has 1 aliphatic heterocycles. The highest BCUT2D eigenvalue weighted by molar-refractivity contribution is 5.95. The molecule has 1 amide bonds. The van der Waals surface area contributed by atoms with Gasteiger partial charge in [-0.05, 0) is 49.8 Å². The number of nitrogens with two attached hydrogens (primary N) is 1. The lowest BCUT2D eigenvalue weighted by Gasteiger charge is -2.44. The van der Waals surface area contributed by atoms with Crippen molar-refractivity contribution in [1.82, 2.24) is 4.90 Å². The summed E-state index contributed by atoms with van der Waals surface area (Å²) in [5, 5.41) is 0. The molecule has 0 bridgehead atoms. The van der Waals surface area contributed by atoms with Crippen molar-refractivity contribution >= 4 is 11.6 Å². The predicted octanol–water partition coefficient (Wildman–Crippen LogP) is 3.06. The van der Waals surface area contributed by atoms with Gasteiger partial charge in [0.05, 0.1) is 0 Å². The van der Waals surface area contributed by atoms with Crippen LogP contribution in [0, 0.1) is 5.92 Å². The number of carbonyl (C=O) groups is 1. The van der Waals surface area contributed by atoms with E-state index in [4.69, 9.17) is 5.73 Å². The molecule has 2 aliphatic rings. The summed E-state index contributed by atoms with van der Waals surface area (Å²) in [6.07, 6.45) is 7.52. The first kappa shape index (κ1) is 12.5. The number of benzene rings is 1. The summed E-state index contributed by atoms with van der Waals surface area (Å²) in [6, 6.07) is 7.85. The van der Waals surface area contributed by atoms with Gasteiger partial charge in [0.1, 0.15) is 0 Å². The molecule has 3 rings (SSSR count). The molecule has 19 heavy (non-hydrogen) atoms. The lowest BCUT2D eigenvalue weighted by atomic mass is 9.78. The number of anilines is 1. The van der Waals surface area contributed by atoms with E-state index < -0.39 is 0 Å². The molecule has 3 heteroatoms. The summed E-state index contributed by atoms with van der Waals surface area (Å²) < 4.78 is 0. The summed E-state index contributed by atoms with van der Waals surface area (Å²) in [7, 11) is 0. The van der Waals surface area contributed by atoms with Gasteiger partial charge in [-0.25, -0.2) is 0 Å². The van der Waals surface area contributed by atoms with Crippen LogP contribution < -0.4 is 5.73 Å². The standard InChI is InChI=1S/C16H22N2O/c17-14-8-3-6-13(11-14)16(19)18-10-4-7-12-5-1-2-9-15(12)18/h3,6,8,11-12,15H,1-2,4-5,7,9-10,17H2/t12-,15+/m1/s1. The first-order valence-corrected chi connectivity index (χ1v) is 7.42. The number of nitrogens with zero attached hydrogens (tertiary/aromatic N) is 1. The van der Waals surface area contributed by atoms with Crippen molar-refractivity contribution in [3.63, 3.8) is 0 Å². The number of carbonyl (C=O) groups excluding carboxylic acids is 1. The zero-order valence-electron chi connectivity index (χ0n) is 11.3. The van der Waals surface area contributed by atoms with Gasteiger partial charge in [0.2, 0.25) is 0 Å². The summed E-state index contributed by atoms with van der Waals surface area (Å²) in [5.74, 6) is 0.899. The fourth-order valence-electron chi connectivity index (χ4n) is 3.71. The van der Waals surface area contributed by atoms with Crippen molar-refractivity contribution in [2.45, 2.75) is 44.6 Å². The van der Waals surface area contributed by atoms with E-state index in [1.165, 1.54) is 32.1 Å². The molecule has 1 saturated carbocycles. The van der Waals surface area contributed by atoms with Crippen LogP contribution in [0.2, 0.25) is 0 Å². The van der Waals surface area contributed by atoms with Crippen LogP contribution in [0.4, 0.5) is 5.69 Å². The van der Waals surface area contributed by atoms with Gasteiger partial charge >= 0.3 is 0 Å². The van der Waals surface area contributed by atoms with Gasteiger partial charge in [0, 0.05) is 23.8 Å². The van der Waals surface area contributed by atoms with Crippen molar-refractivity contribution in [2.24, 2.45) is 5.92 Å². The molecule has 2 atom stereocenters. The van der Waals surface area contributed by atoms with Crippen LogP contribution in [0.1, 0.15) is 48.9 Å². The van der Waals surface area contributed by atoms with E-state index in [1.807, 2.05) is 18.2 Å². The Labute approximate surface area is 114 Å². The van der Waals surface area contributed by atoms with E-state index in [9.17, 15) is 4.79 Å². The lowest BCUT2D eigenvalue weighted by Crippen LogP contribution is -2.49. The summed E-state index contributed by atoms with van der Waals surface area (Å²) in [6.45, 7) is 0.912. The number of hydrogen-bond donors (Lipinski definition) is 1. The Balaban J connectivity index is 1.82. The van der Waals surface area contributed by atoms with Crippen LogP contribution in [0.3, 0.4) is 0 Å². The van der Waals surface area contributed by atoms with E-state index in [1.54, 1.807) is 6.07 Å². The Kier molecular flexibility index (Phi) is 3.45. The van der Waals surface area contributed by atoms with Gasteiger partial charge < -0.3 is 10.6 Å². The van der Waals surface area contributed by atoms with Crippen molar-refractivity contribution in [1.29, 1.82) is 0 Å². The minimum atomic E-state index is 0.170. The monoisotopic (exact) mass is 258 g/mol. The van der Waals surface area contributed by atoms with Crippen molar-refractivity contribution < 1.29 is 4.79 Å². The largest absolute Gasteiger partial charge is 0.399 e. The molecule has 1 saturated heterocycles. The van der Waals surface area contributed by atoms with Crippen LogP contribution in [0.5, 0.6) is 0 Å². The van der Waals surface area contributed by atoms with E-state index >= 15 is 0 Å². The fraction of sp³-hybridized carbons (Fsp3) is 0.562. The Morgan fingerprint density at radius 3 is 2.79 bits per heavy atom. The first-order valence-electron chi connectivity index (χ1n) is 7.42. The second-order valence-corrected chi connectivity index (χ2v) is 5.88. The smallest absolute Gasteiger partial charge is 0.254 e. The van der Waals surface area contributed by atoms with E-state index in [0.29, 0.717) is 11.7 Å². The first-order chi connectivity index (χ1) is 9.25. The second kappa shape index (κ2) is 5.24. The highest BCUT2D eigenvalue weighted by atomic mass is 16.2. The van der Waals surface area contributed by atoms with Crippen molar-refractivity contribution in [3.8, 4) is 0 Å². The summed E-state index contributed by atoms with van der Waals surface area (Å²) in [5.41, 5.74) is 7.20. The molecule has 0 aromatic heterocycles. The number of likely N-dealkylation sites (tertiary alicyclic amines) is 1. The second-order valence-electron chi connectivity index (χ2n) is 5.88. The summed E-state index contributed by atoms with van der Waals surface area (Å²) >= 11 is 0. The summed E-state index contributed by atoms with van der Waals surface area (Å²) in [4.78, 5) is 14.8. The molecule has 0 radical (unpaired) electrons. The van der Waals surface area contributed by atoms with Crippen LogP contribution >= 0.6 is 0 Å². The molecule has 1 aromatic carbocycles. The van der Waals surface area contributed by atoms with Gasteiger partial charge in [-0.15, -0.1) is 0 Å². The maximum Gasteiger partial charge on any atom is 0.254 e. The van der Waals surface area contributed by atoms with Crippen LogP contribution in [0.25, 0.3) is 0 Å². The Morgan fingerprint density at radius 2 is 1.95 bits per heavy atom. The van der Waals surface area contributed by atoms with Gasteiger partial charge in [-0.3, -0.25) is 4.79 Å². The predicted molar refractivity (Wildman–Crippen MR) is 76.9 cm³/mol. The van der Waals surface area contributed by atoms with E-state index in [2.05, 4.69) is 4.90 Å². The third kappa shape index (κ3) is 2.46. The quantitative estimate of drug-likeness (QED) is 0.787. The zero-order chi connectivity index (χ0) is 13.2. The number of fused-ring (bicyclic) bond motifs is 1. The Morgan fingerprint density at radius 1 is 1.16 bits per heavy atom. The third-order valence-corrected chi connectivity index (χ3v) is 4.64. The molecule has 0 spiro atoms. The minimum Gasteiger partial charge on any atom is -0.399 e. The molecular formula is C16H22N2O. The minimum absolute atomic E-state index is 0.170. The molecule has 102 valence electrons. The van der Waals surface area contributed by atoms with E-state index in [-0.39, 0.29) is 5.91 Å². The topological polar surface area (TPSA) is 46.3 Å². The van der Waals surface area contributed by atoms with Gasteiger partial charge in [0.15, 0.2) is 0 Å². The number of nitrogen functional groups attached to an aromatic ring is 1. The molecule has 2 N–H and O–H groups in total. The number of hydrogen-bond acceptors (Lipinski definition) is 2. The van der Waals surface area contributed by atoms with Gasteiger partial charge in [0.25, 0.3) is 5.91 Å². The van der Waals surface area contributed by atoms with Crippen molar-refractivity contribution in [3.05, 3.63) is 29.8 Å². The lowest BCUT2D eigenvalue weighted by molar-refractivity contribution is 0.0391. The fourth-order valence-corrected chi connectivity index (χ4v) is 3.71. The molecule has 1 heterocycles. The molecule has 0 unspecified atom stereocenters. The normalized spacial score (nSPS) is 26.8. The van der Waals surface area contributed by atoms with Gasteiger partial charge in [-0.2, -0.15) is 0 Å². The van der Waals surface area contributed by atoms with E-state index in [0.717, 1.165) is 24.4 Å². The SMILES string of the molecule is Nc1cccc(C(=O)N2CCC[C@H]3CCCC[C@@H]32)c1. The highest BCUT2D eigenvalue weighted by Crippen LogP contribution is 2.35. The average molecular weight is 258 g/mol. The maximum atomic E-state index is 12.7. The van der Waals surface area contributed by atoms with Crippen LogP contribution in [-0.2, 0) is 0 Å². The number of piperidine rings is 1. The molecule has 2 fully saturated rings. The maximum absolute atomic E-state index is 12.7. The van der Waals surface area contributed by atoms with Gasteiger partial charge in [-0.1, -0.05) is 18.9 Å². The molecule has 1 aromatic rings. The van der Waals surface area contributed by atoms with Crippen LogP contribution in [-0.4, -0.2) is 23.4 Å². The van der Waals surface area contributed by atoms with Crippen molar-refractivity contribution in [2.75, 3.05) is 12.3 Å². The van der Waals surface area contributed by atoms with Crippen LogP contribution in [0.15, 0.2) is 24.3 Å². The highest BCUT2D eigenvalue weighted by Gasteiger charge is 2.35. The average Bonchev–Trinajstić information content (AvgIpc) is 2.46. The molecule has 3 nitrogen and oxygen atoms in total. The molecular weight excluding hydrogens is 236 g/mol. The molecule has 1 aliphatic carbocycles. The number of amides is 1. The zero-order valence-corrected chi connectivity index (χ0v) is 11.3. The number of rotatable bonds is 1. The Bertz CT molecular complexity index is 470. The Hall–Kier alpha value is -1.51. The third-order valence-electron chi connectivity index (χ3n) is 4.64.